The summed E-state index contributed by atoms with van der Waals surface area (Å²) in [5, 5.41) is 11.0. The minimum Gasteiger partial charge on any atom is -0.454 e. The second kappa shape index (κ2) is 5.48. The van der Waals surface area contributed by atoms with E-state index in [0.29, 0.717) is 30.3 Å². The molecular formula is C14H13ClFN3O2. The number of aromatic nitrogens is 1. The second-order valence-electron chi connectivity index (χ2n) is 4.88. The van der Waals surface area contributed by atoms with Crippen molar-refractivity contribution in [3.63, 3.8) is 0 Å². The van der Waals surface area contributed by atoms with Crippen LogP contribution in [-0.4, -0.2) is 22.8 Å². The van der Waals surface area contributed by atoms with Gasteiger partial charge in [-0.3, -0.25) is 5.21 Å². The number of benzene rings is 1. The summed E-state index contributed by atoms with van der Waals surface area (Å²) in [6.07, 6.45) is 2.06. The first-order valence-corrected chi connectivity index (χ1v) is 6.74. The molecule has 1 atom stereocenters. The average Bonchev–Trinajstić information content (AvgIpc) is 2.41. The van der Waals surface area contributed by atoms with Crippen molar-refractivity contribution in [2.24, 2.45) is 5.73 Å². The Labute approximate surface area is 125 Å². The second-order valence-corrected chi connectivity index (χ2v) is 5.28. The van der Waals surface area contributed by atoms with Crippen molar-refractivity contribution in [2.45, 2.75) is 12.5 Å². The summed E-state index contributed by atoms with van der Waals surface area (Å²) in [4.78, 5) is 4.16. The van der Waals surface area contributed by atoms with Gasteiger partial charge in [-0.05, 0) is 30.7 Å². The number of hydrogen-bond donors (Lipinski definition) is 2. The fourth-order valence-corrected chi connectivity index (χ4v) is 2.47. The van der Waals surface area contributed by atoms with E-state index in [9.17, 15) is 9.60 Å². The van der Waals surface area contributed by atoms with Crippen LogP contribution in [0.2, 0.25) is 5.02 Å². The maximum absolute atomic E-state index is 13.0. The number of rotatable bonds is 2. The summed E-state index contributed by atoms with van der Waals surface area (Å²) in [5.74, 6) is 0.817. The van der Waals surface area contributed by atoms with E-state index in [2.05, 4.69) is 4.98 Å². The fraction of sp³-hybridized carbons (Fsp3) is 0.214. The third-order valence-electron chi connectivity index (χ3n) is 3.17. The molecule has 3 N–H and O–H groups in total. The number of hydroxylamine groups is 1. The zero-order chi connectivity index (χ0) is 15.0. The summed E-state index contributed by atoms with van der Waals surface area (Å²) >= 11 is 5.92. The van der Waals surface area contributed by atoms with Crippen molar-refractivity contribution >= 4 is 17.4 Å². The molecule has 0 amide bonds. The van der Waals surface area contributed by atoms with E-state index in [0.717, 1.165) is 10.6 Å². The summed E-state index contributed by atoms with van der Waals surface area (Å²) in [7, 11) is 0. The van der Waals surface area contributed by atoms with Gasteiger partial charge in [0.1, 0.15) is 17.3 Å². The van der Waals surface area contributed by atoms with Crippen LogP contribution >= 0.6 is 11.6 Å². The number of pyridine rings is 1. The normalized spacial score (nSPS) is 17.5. The molecule has 3 rings (SSSR count). The fourth-order valence-electron chi connectivity index (χ4n) is 2.26. The van der Waals surface area contributed by atoms with E-state index >= 15 is 0 Å². The van der Waals surface area contributed by atoms with E-state index < -0.39 is 5.82 Å². The minimum atomic E-state index is -0.433. The van der Waals surface area contributed by atoms with Crippen molar-refractivity contribution < 1.29 is 14.3 Å². The molecule has 2 heterocycles. The van der Waals surface area contributed by atoms with Crippen LogP contribution in [0.1, 0.15) is 5.56 Å². The Morgan fingerprint density at radius 3 is 3.00 bits per heavy atom. The highest BCUT2D eigenvalue weighted by Gasteiger charge is 2.23. The lowest BCUT2D eigenvalue weighted by molar-refractivity contribution is 0.234. The largest absolute Gasteiger partial charge is 0.454 e. The molecule has 0 unspecified atom stereocenters. The molecule has 1 aromatic carbocycles. The standard InChI is InChI=1S/C14H13ClFN3O2/c15-12-5-9(16)1-2-13(12)21-11-4-8-3-10(17)7-19(20)14(8)18-6-11/h1-2,4-6,10,20H,3,7,17H2/t10-/m0/s1. The van der Waals surface area contributed by atoms with Crippen molar-refractivity contribution in [3.8, 4) is 11.5 Å². The third-order valence-corrected chi connectivity index (χ3v) is 3.47. The van der Waals surface area contributed by atoms with E-state index in [1.54, 1.807) is 6.07 Å². The lowest BCUT2D eigenvalue weighted by atomic mass is 10.0. The summed E-state index contributed by atoms with van der Waals surface area (Å²) in [6.45, 7) is 0.337. The van der Waals surface area contributed by atoms with Gasteiger partial charge < -0.3 is 10.5 Å². The summed E-state index contributed by atoms with van der Waals surface area (Å²) < 4.78 is 18.6. The van der Waals surface area contributed by atoms with Gasteiger partial charge >= 0.3 is 0 Å². The molecule has 0 saturated carbocycles. The zero-order valence-electron chi connectivity index (χ0n) is 11.0. The lowest BCUT2D eigenvalue weighted by Gasteiger charge is -2.28. The topological polar surface area (TPSA) is 71.6 Å². The Bertz CT molecular complexity index is 683. The monoisotopic (exact) mass is 309 g/mol. The number of nitrogens with two attached hydrogens (primary N) is 1. The molecule has 7 heteroatoms. The van der Waals surface area contributed by atoms with Crippen LogP contribution in [0.3, 0.4) is 0 Å². The molecule has 0 aliphatic carbocycles. The average molecular weight is 310 g/mol. The van der Waals surface area contributed by atoms with E-state index in [1.807, 2.05) is 0 Å². The van der Waals surface area contributed by atoms with Crippen LogP contribution in [-0.2, 0) is 6.42 Å². The molecule has 0 bridgehead atoms. The predicted molar refractivity (Wildman–Crippen MR) is 76.5 cm³/mol. The maximum Gasteiger partial charge on any atom is 0.155 e. The van der Waals surface area contributed by atoms with E-state index in [1.165, 1.54) is 24.4 Å². The number of hydrogen-bond acceptors (Lipinski definition) is 5. The molecule has 1 aromatic heterocycles. The first kappa shape index (κ1) is 14.1. The first-order valence-electron chi connectivity index (χ1n) is 6.37. The molecule has 110 valence electrons. The Balaban J connectivity index is 1.88. The zero-order valence-corrected chi connectivity index (χ0v) is 11.7. The molecule has 0 spiro atoms. The van der Waals surface area contributed by atoms with Crippen molar-refractivity contribution in [1.82, 2.24) is 4.98 Å². The Kier molecular flexibility index (Phi) is 3.67. The highest BCUT2D eigenvalue weighted by atomic mass is 35.5. The molecule has 0 radical (unpaired) electrons. The minimum absolute atomic E-state index is 0.172. The van der Waals surface area contributed by atoms with E-state index in [4.69, 9.17) is 22.1 Å². The highest BCUT2D eigenvalue weighted by molar-refractivity contribution is 6.32. The van der Waals surface area contributed by atoms with Gasteiger partial charge in [-0.2, -0.15) is 0 Å². The van der Waals surface area contributed by atoms with Crippen LogP contribution in [0.15, 0.2) is 30.5 Å². The quantitative estimate of drug-likeness (QED) is 0.892. The van der Waals surface area contributed by atoms with Gasteiger partial charge in [0.2, 0.25) is 0 Å². The number of halogens is 2. The SMILES string of the molecule is N[C@H]1Cc2cc(Oc3ccc(F)cc3Cl)cnc2N(O)C1. The molecule has 0 fully saturated rings. The number of nitrogens with zero attached hydrogens (tertiary/aromatic N) is 2. The summed E-state index contributed by atoms with van der Waals surface area (Å²) in [6, 6.07) is 5.45. The first-order chi connectivity index (χ1) is 10.0. The number of ether oxygens (including phenoxy) is 1. The van der Waals surface area contributed by atoms with Gasteiger partial charge in [0.15, 0.2) is 5.82 Å². The van der Waals surface area contributed by atoms with Gasteiger partial charge in [-0.25, -0.2) is 14.4 Å². The lowest BCUT2D eigenvalue weighted by Crippen LogP contribution is -2.42. The van der Waals surface area contributed by atoms with Crippen molar-refractivity contribution in [2.75, 3.05) is 11.6 Å². The van der Waals surface area contributed by atoms with Gasteiger partial charge in [0, 0.05) is 11.6 Å². The van der Waals surface area contributed by atoms with Crippen molar-refractivity contribution in [1.29, 1.82) is 0 Å². The van der Waals surface area contributed by atoms with Crippen molar-refractivity contribution in [3.05, 3.63) is 46.9 Å². The molecule has 0 saturated heterocycles. The summed E-state index contributed by atoms with van der Waals surface area (Å²) in [5.41, 5.74) is 6.63. The Morgan fingerprint density at radius 2 is 2.24 bits per heavy atom. The Morgan fingerprint density at radius 1 is 1.43 bits per heavy atom. The molecule has 5 nitrogen and oxygen atoms in total. The van der Waals surface area contributed by atoms with E-state index in [-0.39, 0.29) is 11.1 Å². The van der Waals surface area contributed by atoms with Gasteiger partial charge in [0.25, 0.3) is 0 Å². The predicted octanol–water partition coefficient (Wildman–Crippen LogP) is 2.75. The number of anilines is 1. The van der Waals surface area contributed by atoms with Gasteiger partial charge in [0.05, 0.1) is 17.8 Å². The van der Waals surface area contributed by atoms with Crippen LogP contribution in [0, 0.1) is 5.82 Å². The molecule has 1 aliphatic heterocycles. The third kappa shape index (κ3) is 2.92. The smallest absolute Gasteiger partial charge is 0.155 e. The van der Waals surface area contributed by atoms with Crippen LogP contribution < -0.4 is 15.5 Å². The van der Waals surface area contributed by atoms with Gasteiger partial charge in [-0.1, -0.05) is 11.6 Å². The maximum atomic E-state index is 13.0. The van der Waals surface area contributed by atoms with Crippen LogP contribution in [0.25, 0.3) is 0 Å². The molecular weight excluding hydrogens is 297 g/mol. The molecule has 21 heavy (non-hydrogen) atoms. The Hall–Kier alpha value is -1.89. The van der Waals surface area contributed by atoms with Crippen LogP contribution in [0.5, 0.6) is 11.5 Å². The van der Waals surface area contributed by atoms with Gasteiger partial charge in [-0.15, -0.1) is 0 Å². The molecule has 1 aliphatic rings. The van der Waals surface area contributed by atoms with Crippen LogP contribution in [0.4, 0.5) is 10.2 Å². The molecule has 2 aromatic rings. The number of fused-ring (bicyclic) bond motifs is 1. The highest BCUT2D eigenvalue weighted by Crippen LogP contribution is 2.32.